The Bertz CT molecular complexity index is 903. The summed E-state index contributed by atoms with van der Waals surface area (Å²) in [6.07, 6.45) is 3.69. The number of amides is 1. The predicted octanol–water partition coefficient (Wildman–Crippen LogP) is 3.57. The standard InChI is InChI=1S/C23H30N2O3S/c1-3-22(19-9-11-21(12-10-19)29(2,27)28)24-23(26)20-13-15-25(16-14-20)17-18-7-5-4-6-8-18/h4-12,20,22H,3,13-17H2,1-2H3,(H,24,26)/t22-/m0/s1. The third kappa shape index (κ3) is 5.90. The molecule has 156 valence electrons. The first-order chi connectivity index (χ1) is 13.9. The van der Waals surface area contributed by atoms with E-state index in [0.717, 1.165) is 44.5 Å². The molecule has 1 aliphatic heterocycles. The second-order valence-corrected chi connectivity index (χ2v) is 9.86. The number of hydrogen-bond donors (Lipinski definition) is 1. The van der Waals surface area contributed by atoms with Gasteiger partial charge in [-0.2, -0.15) is 0 Å². The summed E-state index contributed by atoms with van der Waals surface area (Å²) in [7, 11) is -3.21. The number of nitrogens with zero attached hydrogens (tertiary/aromatic N) is 1. The fourth-order valence-electron chi connectivity index (χ4n) is 3.85. The zero-order valence-corrected chi connectivity index (χ0v) is 18.0. The van der Waals surface area contributed by atoms with E-state index in [1.165, 1.54) is 11.8 Å². The van der Waals surface area contributed by atoms with Crippen molar-refractivity contribution in [2.45, 2.75) is 43.7 Å². The molecule has 0 saturated carbocycles. The highest BCUT2D eigenvalue weighted by Crippen LogP contribution is 2.23. The van der Waals surface area contributed by atoms with Crippen LogP contribution < -0.4 is 5.32 Å². The molecular formula is C23H30N2O3S. The van der Waals surface area contributed by atoms with Crippen LogP contribution in [-0.4, -0.2) is 38.6 Å². The molecule has 1 N–H and O–H groups in total. The highest BCUT2D eigenvalue weighted by Gasteiger charge is 2.26. The molecule has 29 heavy (non-hydrogen) atoms. The second kappa shape index (κ2) is 9.55. The van der Waals surface area contributed by atoms with Crippen molar-refractivity contribution in [3.63, 3.8) is 0 Å². The van der Waals surface area contributed by atoms with E-state index in [2.05, 4.69) is 34.5 Å². The van der Waals surface area contributed by atoms with Gasteiger partial charge in [0.2, 0.25) is 5.91 Å². The third-order valence-electron chi connectivity index (χ3n) is 5.64. The van der Waals surface area contributed by atoms with Gasteiger partial charge in [0.05, 0.1) is 10.9 Å². The molecule has 0 bridgehead atoms. The van der Waals surface area contributed by atoms with E-state index in [9.17, 15) is 13.2 Å². The summed E-state index contributed by atoms with van der Waals surface area (Å²) < 4.78 is 23.3. The number of carbonyl (C=O) groups is 1. The minimum Gasteiger partial charge on any atom is -0.349 e. The van der Waals surface area contributed by atoms with Crippen molar-refractivity contribution in [3.8, 4) is 0 Å². The maximum atomic E-state index is 12.8. The Labute approximate surface area is 174 Å². The summed E-state index contributed by atoms with van der Waals surface area (Å²) in [5, 5.41) is 3.17. The quantitative estimate of drug-likeness (QED) is 0.752. The summed E-state index contributed by atoms with van der Waals surface area (Å²) in [5.41, 5.74) is 2.24. The molecule has 1 amide bonds. The van der Waals surface area contributed by atoms with Crippen molar-refractivity contribution in [2.24, 2.45) is 5.92 Å². The van der Waals surface area contributed by atoms with Gasteiger partial charge in [0.25, 0.3) is 0 Å². The molecular weight excluding hydrogens is 384 g/mol. The summed E-state index contributed by atoms with van der Waals surface area (Å²) in [6, 6.07) is 17.1. The zero-order chi connectivity index (χ0) is 20.9. The van der Waals surface area contributed by atoms with Crippen LogP contribution in [0.15, 0.2) is 59.5 Å². The van der Waals surface area contributed by atoms with Crippen LogP contribution in [0.3, 0.4) is 0 Å². The summed E-state index contributed by atoms with van der Waals surface area (Å²) >= 11 is 0. The van der Waals surface area contributed by atoms with Crippen LogP contribution in [0.4, 0.5) is 0 Å². The molecule has 3 rings (SSSR count). The average molecular weight is 415 g/mol. The van der Waals surface area contributed by atoms with E-state index >= 15 is 0 Å². The Hall–Kier alpha value is -2.18. The molecule has 0 radical (unpaired) electrons. The van der Waals surface area contributed by atoms with Crippen molar-refractivity contribution in [3.05, 3.63) is 65.7 Å². The van der Waals surface area contributed by atoms with Gasteiger partial charge in [-0.3, -0.25) is 9.69 Å². The number of likely N-dealkylation sites (tertiary alicyclic amines) is 1. The van der Waals surface area contributed by atoms with E-state index in [4.69, 9.17) is 0 Å². The topological polar surface area (TPSA) is 66.5 Å². The van der Waals surface area contributed by atoms with Crippen molar-refractivity contribution >= 4 is 15.7 Å². The minimum atomic E-state index is -3.21. The molecule has 1 saturated heterocycles. The lowest BCUT2D eigenvalue weighted by molar-refractivity contribution is -0.127. The van der Waals surface area contributed by atoms with Crippen molar-refractivity contribution in [2.75, 3.05) is 19.3 Å². The van der Waals surface area contributed by atoms with E-state index in [1.54, 1.807) is 24.3 Å². The molecule has 0 aliphatic carbocycles. The molecule has 6 heteroatoms. The third-order valence-corrected chi connectivity index (χ3v) is 6.77. The van der Waals surface area contributed by atoms with Crippen LogP contribution in [0.5, 0.6) is 0 Å². The lowest BCUT2D eigenvalue weighted by Crippen LogP contribution is -2.41. The highest BCUT2D eigenvalue weighted by atomic mass is 32.2. The second-order valence-electron chi connectivity index (χ2n) is 7.85. The van der Waals surface area contributed by atoms with Gasteiger partial charge in [-0.15, -0.1) is 0 Å². The van der Waals surface area contributed by atoms with Crippen molar-refractivity contribution in [1.82, 2.24) is 10.2 Å². The van der Waals surface area contributed by atoms with E-state index in [-0.39, 0.29) is 17.9 Å². The van der Waals surface area contributed by atoms with Crippen LogP contribution in [0, 0.1) is 5.92 Å². The molecule has 2 aromatic carbocycles. The summed E-state index contributed by atoms with van der Waals surface area (Å²) in [5.74, 6) is 0.134. The minimum absolute atomic E-state index is 0.0337. The first kappa shape index (κ1) is 21.5. The van der Waals surface area contributed by atoms with Crippen molar-refractivity contribution < 1.29 is 13.2 Å². The monoisotopic (exact) mass is 414 g/mol. The number of nitrogens with one attached hydrogen (secondary N) is 1. The summed E-state index contributed by atoms with van der Waals surface area (Å²) in [6.45, 7) is 4.80. The van der Waals surface area contributed by atoms with Gasteiger partial charge < -0.3 is 5.32 Å². The molecule has 1 aliphatic rings. The smallest absolute Gasteiger partial charge is 0.223 e. The highest BCUT2D eigenvalue weighted by molar-refractivity contribution is 7.90. The Kier molecular flexibility index (Phi) is 7.09. The van der Waals surface area contributed by atoms with Crippen LogP contribution in [0.2, 0.25) is 0 Å². The number of benzene rings is 2. The number of rotatable bonds is 7. The molecule has 0 aromatic heterocycles. The lowest BCUT2D eigenvalue weighted by Gasteiger charge is -2.32. The van der Waals surface area contributed by atoms with E-state index in [1.807, 2.05) is 13.0 Å². The summed E-state index contributed by atoms with van der Waals surface area (Å²) in [4.78, 5) is 15.5. The van der Waals surface area contributed by atoms with E-state index in [0.29, 0.717) is 4.90 Å². The molecule has 5 nitrogen and oxygen atoms in total. The van der Waals surface area contributed by atoms with Gasteiger partial charge in [0.15, 0.2) is 9.84 Å². The normalized spacial score (nSPS) is 17.0. The molecule has 1 fully saturated rings. The molecule has 2 aromatic rings. The predicted molar refractivity (Wildman–Crippen MR) is 115 cm³/mol. The first-order valence-corrected chi connectivity index (χ1v) is 12.1. The van der Waals surface area contributed by atoms with Crippen molar-refractivity contribution in [1.29, 1.82) is 0 Å². The first-order valence-electron chi connectivity index (χ1n) is 10.2. The number of carbonyl (C=O) groups excluding carboxylic acids is 1. The number of hydrogen-bond acceptors (Lipinski definition) is 4. The van der Waals surface area contributed by atoms with Gasteiger partial charge in [-0.05, 0) is 55.6 Å². The Morgan fingerprint density at radius 3 is 2.24 bits per heavy atom. The van der Waals surface area contributed by atoms with Gasteiger partial charge in [-0.25, -0.2) is 8.42 Å². The van der Waals surface area contributed by atoms with Crippen LogP contribution in [0.25, 0.3) is 0 Å². The number of sulfone groups is 1. The number of piperidine rings is 1. The Balaban J connectivity index is 1.54. The molecule has 1 atom stereocenters. The maximum absolute atomic E-state index is 12.8. The van der Waals surface area contributed by atoms with Crippen LogP contribution in [-0.2, 0) is 21.2 Å². The molecule has 1 heterocycles. The van der Waals surface area contributed by atoms with Crippen LogP contribution in [0.1, 0.15) is 43.4 Å². The van der Waals surface area contributed by atoms with Crippen LogP contribution >= 0.6 is 0 Å². The van der Waals surface area contributed by atoms with Gasteiger partial charge in [0, 0.05) is 18.7 Å². The maximum Gasteiger partial charge on any atom is 0.223 e. The van der Waals surface area contributed by atoms with E-state index < -0.39 is 9.84 Å². The molecule has 0 spiro atoms. The Morgan fingerprint density at radius 1 is 1.07 bits per heavy atom. The van der Waals surface area contributed by atoms with Gasteiger partial charge in [0.1, 0.15) is 0 Å². The Morgan fingerprint density at radius 2 is 1.69 bits per heavy atom. The fraction of sp³-hybridized carbons (Fsp3) is 0.435. The largest absolute Gasteiger partial charge is 0.349 e. The molecule has 0 unspecified atom stereocenters. The lowest BCUT2D eigenvalue weighted by atomic mass is 9.94. The average Bonchev–Trinajstić information content (AvgIpc) is 2.72. The SMILES string of the molecule is CC[C@H](NC(=O)C1CCN(Cc2ccccc2)CC1)c1ccc(S(C)(=O)=O)cc1. The fourth-order valence-corrected chi connectivity index (χ4v) is 4.48. The van der Waals surface area contributed by atoms with Gasteiger partial charge in [-0.1, -0.05) is 49.4 Å². The van der Waals surface area contributed by atoms with Gasteiger partial charge >= 0.3 is 0 Å². The zero-order valence-electron chi connectivity index (χ0n) is 17.2.